The second-order valence-corrected chi connectivity index (χ2v) is 4.64. The quantitative estimate of drug-likeness (QED) is 0.933. The molecule has 0 spiro atoms. The van der Waals surface area contributed by atoms with Crippen LogP contribution in [0.4, 0.5) is 4.39 Å². The van der Waals surface area contributed by atoms with Gasteiger partial charge in [0.25, 0.3) is 0 Å². The van der Waals surface area contributed by atoms with Crippen molar-refractivity contribution in [3.8, 4) is 11.4 Å². The topological polar surface area (TPSA) is 37.8 Å². The Morgan fingerprint density at radius 3 is 2.74 bits per heavy atom. The lowest BCUT2D eigenvalue weighted by atomic mass is 10.2. The molecule has 0 fully saturated rings. The average Bonchev–Trinajstić information content (AvgIpc) is 2.35. The maximum absolute atomic E-state index is 13.1. The first-order valence-corrected chi connectivity index (χ1v) is 6.48. The van der Waals surface area contributed by atoms with Gasteiger partial charge in [0, 0.05) is 17.8 Å². The molecule has 1 aromatic heterocycles. The Morgan fingerprint density at radius 2 is 2.05 bits per heavy atom. The van der Waals surface area contributed by atoms with Gasteiger partial charge in [0.15, 0.2) is 5.82 Å². The normalized spacial score (nSPS) is 10.7. The monoisotopic (exact) mass is 279 g/mol. The Morgan fingerprint density at radius 1 is 1.26 bits per heavy atom. The summed E-state index contributed by atoms with van der Waals surface area (Å²) in [6.45, 7) is 5.48. The number of nitrogens with zero attached hydrogens (tertiary/aromatic N) is 2. The standard InChI is InChI=1S/C14H15ClFN3/c1-3-17-8-11-6-9(2)18-14(19-11)12-5-4-10(16)7-13(12)15/h4-7,17H,3,8H2,1-2H3. The van der Waals surface area contributed by atoms with Crippen LogP contribution in [0.2, 0.25) is 5.02 Å². The summed E-state index contributed by atoms with van der Waals surface area (Å²) < 4.78 is 13.1. The number of rotatable bonds is 4. The molecule has 19 heavy (non-hydrogen) atoms. The van der Waals surface area contributed by atoms with Crippen LogP contribution in [0.3, 0.4) is 0 Å². The first-order valence-electron chi connectivity index (χ1n) is 6.11. The third-order valence-corrected chi connectivity index (χ3v) is 2.95. The number of halogens is 2. The molecule has 0 radical (unpaired) electrons. The molecule has 100 valence electrons. The van der Waals surface area contributed by atoms with Crippen molar-refractivity contribution in [3.05, 3.63) is 46.5 Å². The molecule has 0 aliphatic carbocycles. The van der Waals surface area contributed by atoms with Crippen LogP contribution >= 0.6 is 11.6 Å². The molecule has 0 aliphatic heterocycles. The Balaban J connectivity index is 2.41. The van der Waals surface area contributed by atoms with Crippen molar-refractivity contribution in [2.24, 2.45) is 0 Å². The molecule has 0 unspecified atom stereocenters. The van der Waals surface area contributed by atoms with Gasteiger partial charge in [-0.25, -0.2) is 14.4 Å². The molecular formula is C14H15ClFN3. The third kappa shape index (κ3) is 3.49. The lowest BCUT2D eigenvalue weighted by Gasteiger charge is -2.08. The summed E-state index contributed by atoms with van der Waals surface area (Å²) in [5.41, 5.74) is 2.40. The van der Waals surface area contributed by atoms with E-state index in [2.05, 4.69) is 15.3 Å². The van der Waals surface area contributed by atoms with Crippen LogP contribution in [0.25, 0.3) is 11.4 Å². The largest absolute Gasteiger partial charge is 0.311 e. The van der Waals surface area contributed by atoms with E-state index in [4.69, 9.17) is 11.6 Å². The number of nitrogens with one attached hydrogen (secondary N) is 1. The van der Waals surface area contributed by atoms with Gasteiger partial charge in [-0.3, -0.25) is 0 Å². The molecule has 1 aromatic carbocycles. The van der Waals surface area contributed by atoms with Gasteiger partial charge < -0.3 is 5.32 Å². The SMILES string of the molecule is CCNCc1cc(C)nc(-c2ccc(F)cc2Cl)n1. The maximum Gasteiger partial charge on any atom is 0.161 e. The van der Waals surface area contributed by atoms with Gasteiger partial charge in [0.1, 0.15) is 5.82 Å². The van der Waals surface area contributed by atoms with Crippen molar-refractivity contribution in [3.63, 3.8) is 0 Å². The van der Waals surface area contributed by atoms with Gasteiger partial charge in [-0.15, -0.1) is 0 Å². The number of benzene rings is 1. The van der Waals surface area contributed by atoms with E-state index in [1.165, 1.54) is 12.1 Å². The highest BCUT2D eigenvalue weighted by atomic mass is 35.5. The molecule has 2 aromatic rings. The van der Waals surface area contributed by atoms with Crippen molar-refractivity contribution in [2.75, 3.05) is 6.54 Å². The zero-order chi connectivity index (χ0) is 13.8. The summed E-state index contributed by atoms with van der Waals surface area (Å²) in [7, 11) is 0. The fraction of sp³-hybridized carbons (Fsp3) is 0.286. The highest BCUT2D eigenvalue weighted by Crippen LogP contribution is 2.26. The summed E-state index contributed by atoms with van der Waals surface area (Å²) in [6, 6.07) is 6.15. The van der Waals surface area contributed by atoms with E-state index in [1.807, 2.05) is 19.9 Å². The Kier molecular flexibility index (Phi) is 4.45. The molecule has 2 rings (SSSR count). The Bertz CT molecular complexity index is 587. The highest BCUT2D eigenvalue weighted by molar-refractivity contribution is 6.33. The smallest absolute Gasteiger partial charge is 0.161 e. The minimum Gasteiger partial charge on any atom is -0.311 e. The van der Waals surface area contributed by atoms with Crippen molar-refractivity contribution >= 4 is 11.6 Å². The van der Waals surface area contributed by atoms with Crippen LogP contribution in [0.15, 0.2) is 24.3 Å². The summed E-state index contributed by atoms with van der Waals surface area (Å²) in [4.78, 5) is 8.81. The van der Waals surface area contributed by atoms with Crippen molar-refractivity contribution < 1.29 is 4.39 Å². The van der Waals surface area contributed by atoms with Crippen LogP contribution in [-0.2, 0) is 6.54 Å². The average molecular weight is 280 g/mol. The van der Waals surface area contributed by atoms with E-state index >= 15 is 0 Å². The lowest BCUT2D eigenvalue weighted by molar-refractivity contribution is 0.628. The van der Waals surface area contributed by atoms with E-state index in [0.717, 1.165) is 17.9 Å². The molecule has 0 saturated carbocycles. The fourth-order valence-corrected chi connectivity index (χ4v) is 2.02. The molecule has 0 saturated heterocycles. The van der Waals surface area contributed by atoms with Crippen molar-refractivity contribution in [2.45, 2.75) is 20.4 Å². The van der Waals surface area contributed by atoms with Crippen LogP contribution in [0, 0.1) is 12.7 Å². The zero-order valence-corrected chi connectivity index (χ0v) is 11.6. The third-order valence-electron chi connectivity index (χ3n) is 2.64. The highest BCUT2D eigenvalue weighted by Gasteiger charge is 2.09. The number of aromatic nitrogens is 2. The predicted octanol–water partition coefficient (Wildman–Crippen LogP) is 3.35. The van der Waals surface area contributed by atoms with Crippen LogP contribution < -0.4 is 5.32 Å². The van der Waals surface area contributed by atoms with Gasteiger partial charge >= 0.3 is 0 Å². The first-order chi connectivity index (χ1) is 9.10. The van der Waals surface area contributed by atoms with Crippen LogP contribution in [-0.4, -0.2) is 16.5 Å². The Hall–Kier alpha value is -1.52. The van der Waals surface area contributed by atoms with E-state index in [-0.39, 0.29) is 5.82 Å². The molecule has 5 heteroatoms. The molecule has 0 aliphatic rings. The van der Waals surface area contributed by atoms with Crippen LogP contribution in [0.1, 0.15) is 18.3 Å². The minimum atomic E-state index is -0.366. The number of hydrogen-bond donors (Lipinski definition) is 1. The van der Waals surface area contributed by atoms with Gasteiger partial charge in [0.2, 0.25) is 0 Å². The number of hydrogen-bond acceptors (Lipinski definition) is 3. The molecule has 3 nitrogen and oxygen atoms in total. The van der Waals surface area contributed by atoms with Gasteiger partial charge in [0.05, 0.1) is 10.7 Å². The summed E-state index contributed by atoms with van der Waals surface area (Å²) in [6.07, 6.45) is 0. The van der Waals surface area contributed by atoms with Crippen molar-refractivity contribution in [1.82, 2.24) is 15.3 Å². The van der Waals surface area contributed by atoms with Gasteiger partial charge in [-0.2, -0.15) is 0 Å². The van der Waals surface area contributed by atoms with Crippen LogP contribution in [0.5, 0.6) is 0 Å². The summed E-state index contributed by atoms with van der Waals surface area (Å²) >= 11 is 6.04. The van der Waals surface area contributed by atoms with Gasteiger partial charge in [-0.05, 0) is 37.7 Å². The van der Waals surface area contributed by atoms with E-state index in [9.17, 15) is 4.39 Å². The fourth-order valence-electron chi connectivity index (χ4n) is 1.77. The molecular weight excluding hydrogens is 265 g/mol. The molecule has 1 heterocycles. The molecule has 0 atom stereocenters. The summed E-state index contributed by atoms with van der Waals surface area (Å²) in [5.74, 6) is 0.159. The molecule has 0 bridgehead atoms. The lowest BCUT2D eigenvalue weighted by Crippen LogP contribution is -2.13. The minimum absolute atomic E-state index is 0.319. The van der Waals surface area contributed by atoms with E-state index in [1.54, 1.807) is 6.07 Å². The molecule has 0 amide bonds. The zero-order valence-electron chi connectivity index (χ0n) is 10.9. The molecule has 1 N–H and O–H groups in total. The van der Waals surface area contributed by atoms with E-state index in [0.29, 0.717) is 23.0 Å². The first kappa shape index (κ1) is 13.9. The predicted molar refractivity (Wildman–Crippen MR) is 74.6 cm³/mol. The maximum atomic E-state index is 13.1. The summed E-state index contributed by atoms with van der Waals surface area (Å²) in [5, 5.41) is 3.53. The second-order valence-electron chi connectivity index (χ2n) is 4.23. The Labute approximate surface area is 116 Å². The second kappa shape index (κ2) is 6.08. The van der Waals surface area contributed by atoms with Gasteiger partial charge in [-0.1, -0.05) is 18.5 Å². The van der Waals surface area contributed by atoms with E-state index < -0.39 is 0 Å². The van der Waals surface area contributed by atoms with Crippen molar-refractivity contribution in [1.29, 1.82) is 0 Å². The number of aryl methyl sites for hydroxylation is 1.